The van der Waals surface area contributed by atoms with Crippen molar-refractivity contribution in [2.24, 2.45) is 0 Å². The predicted molar refractivity (Wildman–Crippen MR) is 78.8 cm³/mol. The summed E-state index contributed by atoms with van der Waals surface area (Å²) in [5.41, 5.74) is 0.891. The fraction of sp³-hybridized carbons (Fsp3) is 0.188. The van der Waals surface area contributed by atoms with E-state index in [2.05, 4.69) is 20.0 Å². The lowest BCUT2D eigenvalue weighted by atomic mass is 10.0. The zero-order valence-electron chi connectivity index (χ0n) is 12.0. The average Bonchev–Trinajstić information content (AvgIpc) is 3.03. The molecule has 0 saturated carbocycles. The van der Waals surface area contributed by atoms with Crippen LogP contribution in [0.4, 0.5) is 8.78 Å². The van der Waals surface area contributed by atoms with Crippen LogP contribution in [0.5, 0.6) is 0 Å². The van der Waals surface area contributed by atoms with E-state index in [4.69, 9.17) is 0 Å². The van der Waals surface area contributed by atoms with Crippen molar-refractivity contribution in [1.29, 1.82) is 0 Å². The third-order valence-electron chi connectivity index (χ3n) is 3.35. The number of alkyl halides is 2. The molecule has 118 valence electrons. The topological polar surface area (TPSA) is 68.0 Å². The Morgan fingerprint density at radius 3 is 2.74 bits per heavy atom. The lowest BCUT2D eigenvalue weighted by Crippen LogP contribution is -2.25. The van der Waals surface area contributed by atoms with Gasteiger partial charge in [-0.05, 0) is 16.3 Å². The first kappa shape index (κ1) is 15.1. The Balaban J connectivity index is 1.64. The molecular weight excluding hydrogens is 304 g/mol. The van der Waals surface area contributed by atoms with Gasteiger partial charge in [0, 0.05) is 0 Å². The van der Waals surface area contributed by atoms with Gasteiger partial charge in [0.1, 0.15) is 0 Å². The van der Waals surface area contributed by atoms with Crippen LogP contribution in [0.2, 0.25) is 0 Å². The molecular formula is C16H13F2N3O2. The SMILES string of the molecule is O=C(Cc1cccc2ccccc12)NCc1noc(C(F)F)n1. The summed E-state index contributed by atoms with van der Waals surface area (Å²) in [7, 11) is 0. The highest BCUT2D eigenvalue weighted by molar-refractivity contribution is 5.90. The number of carbonyl (C=O) groups is 1. The maximum absolute atomic E-state index is 12.3. The highest BCUT2D eigenvalue weighted by Gasteiger charge is 2.16. The summed E-state index contributed by atoms with van der Waals surface area (Å²) >= 11 is 0. The summed E-state index contributed by atoms with van der Waals surface area (Å²) in [6, 6.07) is 13.5. The Morgan fingerprint density at radius 2 is 1.96 bits per heavy atom. The molecule has 0 fully saturated rings. The van der Waals surface area contributed by atoms with Crippen LogP contribution in [0, 0.1) is 0 Å². The number of hydrogen-bond donors (Lipinski definition) is 1. The van der Waals surface area contributed by atoms with Crippen LogP contribution < -0.4 is 5.32 Å². The van der Waals surface area contributed by atoms with Crippen molar-refractivity contribution in [2.45, 2.75) is 19.4 Å². The van der Waals surface area contributed by atoms with E-state index in [9.17, 15) is 13.6 Å². The Labute approximate surface area is 130 Å². The van der Waals surface area contributed by atoms with Gasteiger partial charge < -0.3 is 9.84 Å². The largest absolute Gasteiger partial charge is 0.348 e. The highest BCUT2D eigenvalue weighted by atomic mass is 19.3. The first-order valence-electron chi connectivity index (χ1n) is 6.97. The van der Waals surface area contributed by atoms with Gasteiger partial charge in [-0.25, -0.2) is 0 Å². The van der Waals surface area contributed by atoms with Gasteiger partial charge in [-0.3, -0.25) is 4.79 Å². The van der Waals surface area contributed by atoms with Crippen molar-refractivity contribution in [3.8, 4) is 0 Å². The lowest BCUT2D eigenvalue weighted by Gasteiger charge is -2.06. The minimum atomic E-state index is -2.82. The standard InChI is InChI=1S/C16H13F2N3O2/c17-15(18)16-20-13(21-23-16)9-19-14(22)8-11-6-3-5-10-4-1-2-7-12(10)11/h1-7,15H,8-9H2,(H,19,22). The van der Waals surface area contributed by atoms with Crippen LogP contribution in [0.3, 0.4) is 0 Å². The van der Waals surface area contributed by atoms with E-state index in [0.717, 1.165) is 16.3 Å². The number of amides is 1. The van der Waals surface area contributed by atoms with Crippen molar-refractivity contribution < 1.29 is 18.1 Å². The number of nitrogens with one attached hydrogen (secondary N) is 1. The van der Waals surface area contributed by atoms with E-state index in [1.807, 2.05) is 42.5 Å². The number of halogens is 2. The molecule has 0 saturated heterocycles. The zero-order chi connectivity index (χ0) is 16.2. The summed E-state index contributed by atoms with van der Waals surface area (Å²) in [6.07, 6.45) is -2.64. The molecule has 2 aromatic carbocycles. The molecule has 1 N–H and O–H groups in total. The summed E-state index contributed by atoms with van der Waals surface area (Å²) in [5.74, 6) is -0.973. The predicted octanol–water partition coefficient (Wildman–Crippen LogP) is 3.02. The fourth-order valence-electron chi connectivity index (χ4n) is 2.29. The third-order valence-corrected chi connectivity index (χ3v) is 3.35. The van der Waals surface area contributed by atoms with Gasteiger partial charge in [0.15, 0.2) is 5.82 Å². The van der Waals surface area contributed by atoms with Crippen molar-refractivity contribution >= 4 is 16.7 Å². The van der Waals surface area contributed by atoms with Gasteiger partial charge in [0.05, 0.1) is 13.0 Å². The Morgan fingerprint density at radius 1 is 1.17 bits per heavy atom. The minimum Gasteiger partial charge on any atom is -0.348 e. The molecule has 0 radical (unpaired) electrons. The van der Waals surface area contributed by atoms with Gasteiger partial charge >= 0.3 is 6.43 Å². The molecule has 23 heavy (non-hydrogen) atoms. The minimum absolute atomic E-state index is 0.0200. The Hall–Kier alpha value is -2.83. The molecule has 0 atom stereocenters. The lowest BCUT2D eigenvalue weighted by molar-refractivity contribution is -0.120. The Kier molecular flexibility index (Phi) is 4.27. The van der Waals surface area contributed by atoms with Gasteiger partial charge in [0.2, 0.25) is 5.91 Å². The van der Waals surface area contributed by atoms with E-state index >= 15 is 0 Å². The van der Waals surface area contributed by atoms with Crippen LogP contribution in [-0.4, -0.2) is 16.0 Å². The summed E-state index contributed by atoms with van der Waals surface area (Å²) in [4.78, 5) is 15.5. The fourth-order valence-corrected chi connectivity index (χ4v) is 2.29. The van der Waals surface area contributed by atoms with Crippen molar-refractivity contribution in [1.82, 2.24) is 15.5 Å². The van der Waals surface area contributed by atoms with Crippen molar-refractivity contribution in [3.63, 3.8) is 0 Å². The number of hydrogen-bond acceptors (Lipinski definition) is 4. The number of nitrogens with zero attached hydrogens (tertiary/aromatic N) is 2. The molecule has 5 nitrogen and oxygen atoms in total. The maximum Gasteiger partial charge on any atom is 0.315 e. The molecule has 0 bridgehead atoms. The van der Waals surface area contributed by atoms with Gasteiger partial charge in [-0.15, -0.1) is 0 Å². The van der Waals surface area contributed by atoms with Crippen LogP contribution in [-0.2, 0) is 17.8 Å². The van der Waals surface area contributed by atoms with E-state index in [0.29, 0.717) is 0 Å². The second kappa shape index (κ2) is 6.51. The normalized spacial score (nSPS) is 11.1. The van der Waals surface area contributed by atoms with E-state index in [1.165, 1.54) is 0 Å². The molecule has 0 aliphatic carbocycles. The highest BCUT2D eigenvalue weighted by Crippen LogP contribution is 2.19. The van der Waals surface area contributed by atoms with Gasteiger partial charge in [-0.1, -0.05) is 47.6 Å². The summed E-state index contributed by atoms with van der Waals surface area (Å²) in [5, 5.41) is 8.04. The first-order valence-corrected chi connectivity index (χ1v) is 6.97. The summed E-state index contributed by atoms with van der Waals surface area (Å²) in [6.45, 7) is -0.0557. The number of carbonyl (C=O) groups excluding carboxylic acids is 1. The van der Waals surface area contributed by atoms with Crippen molar-refractivity contribution in [2.75, 3.05) is 0 Å². The molecule has 3 rings (SSSR count). The number of aromatic nitrogens is 2. The van der Waals surface area contributed by atoms with Crippen molar-refractivity contribution in [3.05, 3.63) is 59.7 Å². The number of benzene rings is 2. The molecule has 7 heteroatoms. The third kappa shape index (κ3) is 3.50. The number of rotatable bonds is 5. The van der Waals surface area contributed by atoms with Crippen LogP contribution >= 0.6 is 0 Å². The van der Waals surface area contributed by atoms with E-state index < -0.39 is 12.3 Å². The molecule has 3 aromatic rings. The van der Waals surface area contributed by atoms with Crippen LogP contribution in [0.1, 0.15) is 23.7 Å². The Bertz CT molecular complexity index is 828. The smallest absolute Gasteiger partial charge is 0.315 e. The molecule has 1 heterocycles. The zero-order valence-corrected chi connectivity index (χ0v) is 12.0. The second-order valence-electron chi connectivity index (χ2n) is 4.94. The van der Waals surface area contributed by atoms with Gasteiger partial charge in [0.25, 0.3) is 5.89 Å². The van der Waals surface area contributed by atoms with E-state index in [1.54, 1.807) is 0 Å². The number of fused-ring (bicyclic) bond motifs is 1. The second-order valence-corrected chi connectivity index (χ2v) is 4.94. The van der Waals surface area contributed by atoms with Crippen LogP contribution in [0.25, 0.3) is 10.8 Å². The molecule has 0 aliphatic heterocycles. The average molecular weight is 317 g/mol. The van der Waals surface area contributed by atoms with E-state index in [-0.39, 0.29) is 24.7 Å². The molecule has 0 unspecified atom stereocenters. The quantitative estimate of drug-likeness (QED) is 0.785. The molecule has 1 amide bonds. The van der Waals surface area contributed by atoms with Crippen LogP contribution in [0.15, 0.2) is 47.0 Å². The monoisotopic (exact) mass is 317 g/mol. The summed E-state index contributed by atoms with van der Waals surface area (Å²) < 4.78 is 29.0. The first-order chi connectivity index (χ1) is 11.1. The van der Waals surface area contributed by atoms with Gasteiger partial charge in [-0.2, -0.15) is 13.8 Å². The molecule has 1 aromatic heterocycles. The molecule has 0 aliphatic rings. The maximum atomic E-state index is 12.3. The molecule has 0 spiro atoms.